The van der Waals surface area contributed by atoms with Crippen LogP contribution in [0.15, 0.2) is 46.9 Å². The van der Waals surface area contributed by atoms with Gasteiger partial charge in [-0.15, -0.1) is 0 Å². The van der Waals surface area contributed by atoms with Gasteiger partial charge in [-0.3, -0.25) is 4.79 Å². The van der Waals surface area contributed by atoms with Crippen molar-refractivity contribution in [1.29, 1.82) is 0 Å². The van der Waals surface area contributed by atoms with Gasteiger partial charge in [-0.05, 0) is 42.3 Å². The maximum atomic E-state index is 12.2. The van der Waals surface area contributed by atoms with E-state index in [9.17, 15) is 9.59 Å². The molecule has 2 heterocycles. The number of carbonyl (C=O) groups excluding carboxylic acids is 2. The highest BCUT2D eigenvalue weighted by molar-refractivity contribution is 5.96. The molecule has 0 unspecified atom stereocenters. The molecule has 1 aromatic heterocycles. The number of hydrogen-bond donors (Lipinski definition) is 1. The van der Waals surface area contributed by atoms with Crippen molar-refractivity contribution in [2.75, 3.05) is 5.32 Å². The van der Waals surface area contributed by atoms with Crippen LogP contribution < -0.4 is 5.32 Å². The fourth-order valence-electron chi connectivity index (χ4n) is 2.70. The zero-order chi connectivity index (χ0) is 16.5. The molecule has 0 bridgehead atoms. The summed E-state index contributed by atoms with van der Waals surface area (Å²) in [6.07, 6.45) is 1.04. The molecule has 0 saturated heterocycles. The predicted octanol–water partition coefficient (Wildman–Crippen LogP) is 3.07. The Morgan fingerprint density at radius 1 is 1.21 bits per heavy atom. The number of anilines is 1. The molecule has 1 N–H and O–H groups in total. The lowest BCUT2D eigenvalue weighted by Crippen LogP contribution is -2.19. The van der Waals surface area contributed by atoms with Crippen molar-refractivity contribution in [3.8, 4) is 0 Å². The fourth-order valence-corrected chi connectivity index (χ4v) is 2.70. The molecule has 0 spiro atoms. The number of aromatic nitrogens is 1. The van der Waals surface area contributed by atoms with E-state index in [4.69, 9.17) is 9.15 Å². The van der Waals surface area contributed by atoms with Crippen LogP contribution in [-0.2, 0) is 22.6 Å². The maximum Gasteiger partial charge on any atom is 0.338 e. The minimum absolute atomic E-state index is 0.00575. The van der Waals surface area contributed by atoms with Gasteiger partial charge in [0.25, 0.3) is 0 Å². The molecule has 1 amide bonds. The number of ether oxygens (including phenoxy) is 1. The number of benzene rings is 2. The number of aryl methyl sites for hydroxylation is 1. The van der Waals surface area contributed by atoms with E-state index >= 15 is 0 Å². The van der Waals surface area contributed by atoms with E-state index in [0.29, 0.717) is 29.9 Å². The summed E-state index contributed by atoms with van der Waals surface area (Å²) in [5.41, 5.74) is 3.52. The van der Waals surface area contributed by atoms with Gasteiger partial charge in [0.2, 0.25) is 11.8 Å². The number of hydrogen-bond acceptors (Lipinski definition) is 5. The molecule has 0 radical (unpaired) electrons. The van der Waals surface area contributed by atoms with Crippen LogP contribution in [0.5, 0.6) is 0 Å². The van der Waals surface area contributed by atoms with Crippen LogP contribution >= 0.6 is 0 Å². The average Bonchev–Trinajstić information content (AvgIpc) is 3.02. The van der Waals surface area contributed by atoms with Crippen molar-refractivity contribution in [2.45, 2.75) is 19.4 Å². The molecule has 0 fully saturated rings. The lowest BCUT2D eigenvalue weighted by molar-refractivity contribution is -0.116. The normalized spacial score (nSPS) is 13.4. The van der Waals surface area contributed by atoms with Crippen LogP contribution in [-0.4, -0.2) is 16.9 Å². The first kappa shape index (κ1) is 14.4. The van der Waals surface area contributed by atoms with Gasteiger partial charge >= 0.3 is 5.97 Å². The van der Waals surface area contributed by atoms with Gasteiger partial charge in [-0.25, -0.2) is 9.78 Å². The van der Waals surface area contributed by atoms with E-state index in [2.05, 4.69) is 10.3 Å². The van der Waals surface area contributed by atoms with E-state index in [1.807, 2.05) is 24.3 Å². The Hall–Kier alpha value is -3.15. The van der Waals surface area contributed by atoms with Crippen LogP contribution in [0.4, 0.5) is 5.69 Å². The second-order valence-corrected chi connectivity index (χ2v) is 5.57. The van der Waals surface area contributed by atoms with Crippen LogP contribution in [0.25, 0.3) is 11.1 Å². The van der Waals surface area contributed by atoms with Gasteiger partial charge in [0.1, 0.15) is 5.52 Å². The molecule has 4 rings (SSSR count). The summed E-state index contributed by atoms with van der Waals surface area (Å²) in [6, 6.07) is 12.5. The highest BCUT2D eigenvalue weighted by atomic mass is 16.5. The standard InChI is InChI=1S/C18H14N2O4/c21-16-8-6-11-9-12(5-7-13(11)19-16)18(22)23-10-17-20-14-3-1-2-4-15(14)24-17/h1-5,7,9H,6,8,10H2,(H,19,21). The van der Waals surface area contributed by atoms with Crippen molar-refractivity contribution in [3.05, 3.63) is 59.5 Å². The highest BCUT2D eigenvalue weighted by Gasteiger charge is 2.17. The number of nitrogens with one attached hydrogen (secondary N) is 1. The minimum Gasteiger partial charge on any atom is -0.452 e. The summed E-state index contributed by atoms with van der Waals surface area (Å²) in [5, 5.41) is 2.78. The van der Waals surface area contributed by atoms with E-state index < -0.39 is 5.97 Å². The first-order valence-electron chi connectivity index (χ1n) is 7.63. The summed E-state index contributed by atoms with van der Waals surface area (Å²) in [6.45, 7) is -0.0265. The second kappa shape index (κ2) is 5.81. The van der Waals surface area contributed by atoms with E-state index in [-0.39, 0.29) is 12.5 Å². The number of fused-ring (bicyclic) bond motifs is 2. The monoisotopic (exact) mass is 322 g/mol. The Morgan fingerprint density at radius 2 is 2.08 bits per heavy atom. The lowest BCUT2D eigenvalue weighted by Gasteiger charge is -2.17. The Bertz CT molecular complexity index is 912. The Kier molecular flexibility index (Phi) is 3.49. The number of nitrogens with zero attached hydrogens (tertiary/aromatic N) is 1. The van der Waals surface area contributed by atoms with Gasteiger partial charge in [0.15, 0.2) is 12.2 Å². The molecule has 0 saturated carbocycles. The van der Waals surface area contributed by atoms with Crippen molar-refractivity contribution >= 4 is 28.7 Å². The highest BCUT2D eigenvalue weighted by Crippen LogP contribution is 2.24. The molecule has 1 aliphatic rings. The number of carbonyl (C=O) groups is 2. The van der Waals surface area contributed by atoms with E-state index in [1.54, 1.807) is 18.2 Å². The minimum atomic E-state index is -0.447. The van der Waals surface area contributed by atoms with Gasteiger partial charge in [-0.1, -0.05) is 12.1 Å². The molecule has 0 aliphatic carbocycles. The molecule has 6 nitrogen and oxygen atoms in total. The molecule has 0 atom stereocenters. The molecule has 24 heavy (non-hydrogen) atoms. The van der Waals surface area contributed by atoms with Gasteiger partial charge in [0.05, 0.1) is 5.56 Å². The molecular weight excluding hydrogens is 308 g/mol. The summed E-state index contributed by atoms with van der Waals surface area (Å²) < 4.78 is 10.8. The Morgan fingerprint density at radius 3 is 2.96 bits per heavy atom. The first-order chi connectivity index (χ1) is 11.7. The topological polar surface area (TPSA) is 81.4 Å². The van der Waals surface area contributed by atoms with E-state index in [1.165, 1.54) is 0 Å². The third kappa shape index (κ3) is 2.74. The molecule has 2 aromatic carbocycles. The predicted molar refractivity (Wildman–Crippen MR) is 86.5 cm³/mol. The summed E-state index contributed by atoms with van der Waals surface area (Å²) in [7, 11) is 0. The molecule has 3 aromatic rings. The SMILES string of the molecule is O=C1CCc2cc(C(=O)OCc3nc4ccccc4o3)ccc2N1. The fraction of sp³-hybridized carbons (Fsp3) is 0.167. The molecule has 6 heteroatoms. The molecular formula is C18H14N2O4. The van der Waals surface area contributed by atoms with Gasteiger partial charge in [0, 0.05) is 12.1 Å². The van der Waals surface area contributed by atoms with E-state index in [0.717, 1.165) is 16.8 Å². The zero-order valence-electron chi connectivity index (χ0n) is 12.7. The van der Waals surface area contributed by atoms with Crippen LogP contribution in [0.2, 0.25) is 0 Å². The second-order valence-electron chi connectivity index (χ2n) is 5.57. The smallest absolute Gasteiger partial charge is 0.338 e. The van der Waals surface area contributed by atoms with Crippen LogP contribution in [0.1, 0.15) is 28.2 Å². The first-order valence-corrected chi connectivity index (χ1v) is 7.63. The summed E-state index contributed by atoms with van der Waals surface area (Å²) in [4.78, 5) is 27.8. The largest absolute Gasteiger partial charge is 0.452 e. The van der Waals surface area contributed by atoms with Crippen molar-refractivity contribution < 1.29 is 18.7 Å². The third-order valence-electron chi connectivity index (χ3n) is 3.90. The zero-order valence-corrected chi connectivity index (χ0v) is 12.7. The molecule has 120 valence electrons. The number of rotatable bonds is 3. The van der Waals surface area contributed by atoms with Gasteiger partial charge in [-0.2, -0.15) is 0 Å². The van der Waals surface area contributed by atoms with Crippen molar-refractivity contribution in [2.24, 2.45) is 0 Å². The number of para-hydroxylation sites is 2. The van der Waals surface area contributed by atoms with Crippen molar-refractivity contribution in [3.63, 3.8) is 0 Å². The third-order valence-corrected chi connectivity index (χ3v) is 3.90. The number of amides is 1. The quantitative estimate of drug-likeness (QED) is 0.749. The number of esters is 1. The maximum absolute atomic E-state index is 12.2. The Labute approximate surface area is 137 Å². The number of oxazole rings is 1. The Balaban J connectivity index is 1.47. The van der Waals surface area contributed by atoms with Crippen LogP contribution in [0, 0.1) is 0 Å². The molecule has 1 aliphatic heterocycles. The van der Waals surface area contributed by atoms with Gasteiger partial charge < -0.3 is 14.5 Å². The summed E-state index contributed by atoms with van der Waals surface area (Å²) >= 11 is 0. The summed E-state index contributed by atoms with van der Waals surface area (Å²) in [5.74, 6) is -0.0967. The average molecular weight is 322 g/mol. The van der Waals surface area contributed by atoms with Crippen molar-refractivity contribution in [1.82, 2.24) is 4.98 Å². The van der Waals surface area contributed by atoms with Crippen LogP contribution in [0.3, 0.4) is 0 Å². The lowest BCUT2D eigenvalue weighted by atomic mass is 10.0.